The lowest BCUT2D eigenvalue weighted by molar-refractivity contribution is -0.635. The molecule has 0 aliphatic carbocycles. The van der Waals surface area contributed by atoms with Gasteiger partial charge in [-0.15, -0.1) is 0 Å². The van der Waals surface area contributed by atoms with Crippen LogP contribution in [0.2, 0.25) is 0 Å². The van der Waals surface area contributed by atoms with Gasteiger partial charge in [-0.2, -0.15) is 4.57 Å². The van der Waals surface area contributed by atoms with Crippen molar-refractivity contribution in [2.75, 3.05) is 5.75 Å². The number of aliphatic carboxylic acids is 1. The van der Waals surface area contributed by atoms with Gasteiger partial charge in [-0.1, -0.05) is 12.1 Å². The van der Waals surface area contributed by atoms with E-state index in [2.05, 4.69) is 23.2 Å². The van der Waals surface area contributed by atoms with E-state index in [-0.39, 0.29) is 5.75 Å². The third-order valence-electron chi connectivity index (χ3n) is 2.61. The average molecular weight is 263 g/mol. The summed E-state index contributed by atoms with van der Waals surface area (Å²) in [5, 5.41) is 9.55. The zero-order chi connectivity index (χ0) is 13.1. The minimum atomic E-state index is -0.817. The maximum absolute atomic E-state index is 10.6. The van der Waals surface area contributed by atoms with E-state index in [1.165, 1.54) is 17.3 Å². The molecule has 1 heterocycles. The number of carboxylic acids is 1. The van der Waals surface area contributed by atoms with Crippen LogP contribution in [0, 0.1) is 13.8 Å². The number of hydrogen-bond acceptors (Lipinski definition) is 2. The Hall–Kier alpha value is -1.75. The molecule has 1 aromatic heterocycles. The van der Waals surface area contributed by atoms with Crippen molar-refractivity contribution in [2.45, 2.75) is 19.0 Å². The van der Waals surface area contributed by atoms with Crippen molar-refractivity contribution in [1.29, 1.82) is 0 Å². The maximum atomic E-state index is 10.6. The smallest absolute Gasteiger partial charge is 0.321 e. The fourth-order valence-electron chi connectivity index (χ4n) is 1.73. The van der Waals surface area contributed by atoms with Crippen molar-refractivity contribution in [3.63, 3.8) is 0 Å². The van der Waals surface area contributed by atoms with E-state index in [0.717, 1.165) is 16.4 Å². The summed E-state index contributed by atoms with van der Waals surface area (Å²) in [7, 11) is 0. The molecule has 0 saturated carbocycles. The predicted octanol–water partition coefficient (Wildman–Crippen LogP) is 2.08. The number of thioether (sulfide) groups is 1. The predicted molar refractivity (Wildman–Crippen MR) is 70.2 cm³/mol. The van der Waals surface area contributed by atoms with E-state index >= 15 is 0 Å². The summed E-state index contributed by atoms with van der Waals surface area (Å²) in [4.78, 5) is 13.7. The Morgan fingerprint density at radius 3 is 2.94 bits per heavy atom. The summed E-state index contributed by atoms with van der Waals surface area (Å²) in [6, 6.07) is 6.22. The number of carboxylic acid groups (broad SMARTS) is 1. The minimum absolute atomic E-state index is 0.0470. The molecule has 18 heavy (non-hydrogen) atoms. The van der Waals surface area contributed by atoms with Crippen LogP contribution >= 0.6 is 11.8 Å². The molecule has 1 aromatic carbocycles. The zero-order valence-corrected chi connectivity index (χ0v) is 11.1. The van der Waals surface area contributed by atoms with Crippen LogP contribution in [0.5, 0.6) is 0 Å². The molecule has 0 aliphatic rings. The van der Waals surface area contributed by atoms with Crippen molar-refractivity contribution in [1.82, 2.24) is 4.98 Å². The average Bonchev–Trinajstić information content (AvgIpc) is 2.77. The second-order valence-corrected chi connectivity index (χ2v) is 5.07. The molecule has 94 valence electrons. The van der Waals surface area contributed by atoms with E-state index < -0.39 is 5.97 Å². The highest BCUT2D eigenvalue weighted by Gasteiger charge is 2.16. The molecule has 0 saturated heterocycles. The highest BCUT2D eigenvalue weighted by Crippen LogP contribution is 2.16. The van der Waals surface area contributed by atoms with E-state index in [1.54, 1.807) is 0 Å². The van der Waals surface area contributed by atoms with Gasteiger partial charge in [0.05, 0.1) is 0 Å². The normalized spacial score (nSPS) is 10.6. The van der Waals surface area contributed by atoms with Crippen molar-refractivity contribution in [3.05, 3.63) is 41.7 Å². The molecule has 0 unspecified atom stereocenters. The minimum Gasteiger partial charge on any atom is -0.481 e. The summed E-state index contributed by atoms with van der Waals surface area (Å²) >= 11 is 1.28. The van der Waals surface area contributed by atoms with Gasteiger partial charge in [0.2, 0.25) is 0 Å². The lowest BCUT2D eigenvalue weighted by Crippen LogP contribution is -2.32. The maximum Gasteiger partial charge on any atom is 0.321 e. The van der Waals surface area contributed by atoms with Gasteiger partial charge in [-0.25, -0.2) is 4.98 Å². The van der Waals surface area contributed by atoms with E-state index in [1.807, 2.05) is 30.8 Å². The molecule has 0 aliphatic heterocycles. The number of H-pyrrole nitrogens is 1. The first-order chi connectivity index (χ1) is 8.58. The lowest BCUT2D eigenvalue weighted by Gasteiger charge is -2.04. The third-order valence-corrected chi connectivity index (χ3v) is 3.59. The monoisotopic (exact) mass is 263 g/mol. The third kappa shape index (κ3) is 2.73. The van der Waals surface area contributed by atoms with Crippen molar-refractivity contribution in [2.24, 2.45) is 0 Å². The molecule has 2 aromatic rings. The van der Waals surface area contributed by atoms with Crippen molar-refractivity contribution >= 4 is 17.7 Å². The second-order valence-electron chi connectivity index (χ2n) is 4.11. The Morgan fingerprint density at radius 1 is 1.44 bits per heavy atom. The largest absolute Gasteiger partial charge is 0.481 e. The molecule has 0 fully saturated rings. The Labute approximate surface area is 110 Å². The zero-order valence-electron chi connectivity index (χ0n) is 10.3. The van der Waals surface area contributed by atoms with Crippen LogP contribution in [0.4, 0.5) is 0 Å². The van der Waals surface area contributed by atoms with Gasteiger partial charge < -0.3 is 5.11 Å². The molecule has 4 nitrogen and oxygen atoms in total. The Balaban J connectivity index is 2.36. The Morgan fingerprint density at radius 2 is 2.22 bits per heavy atom. The van der Waals surface area contributed by atoms with E-state index in [9.17, 15) is 4.79 Å². The van der Waals surface area contributed by atoms with Gasteiger partial charge in [0.1, 0.15) is 23.8 Å². The number of rotatable bonds is 4. The molecule has 2 rings (SSSR count). The van der Waals surface area contributed by atoms with Gasteiger partial charge in [0, 0.05) is 0 Å². The number of benzene rings is 1. The van der Waals surface area contributed by atoms with E-state index in [4.69, 9.17) is 5.11 Å². The van der Waals surface area contributed by atoms with Gasteiger partial charge in [0.15, 0.2) is 0 Å². The fraction of sp³-hybridized carbons (Fsp3) is 0.231. The van der Waals surface area contributed by atoms with Crippen LogP contribution < -0.4 is 4.57 Å². The van der Waals surface area contributed by atoms with Crippen molar-refractivity contribution < 1.29 is 14.5 Å². The number of imidazole rings is 1. The van der Waals surface area contributed by atoms with Crippen LogP contribution in [0.25, 0.3) is 5.69 Å². The second kappa shape index (κ2) is 5.27. The van der Waals surface area contributed by atoms with Crippen LogP contribution in [0.3, 0.4) is 0 Å². The first-order valence-corrected chi connectivity index (χ1v) is 6.58. The van der Waals surface area contributed by atoms with Gasteiger partial charge in [-0.05, 0) is 42.8 Å². The lowest BCUT2D eigenvalue weighted by atomic mass is 10.1. The number of nitrogens with one attached hydrogen (secondary N) is 1. The van der Waals surface area contributed by atoms with E-state index in [0.29, 0.717) is 0 Å². The molecule has 0 spiro atoms. The Bertz CT molecular complexity index is 578. The van der Waals surface area contributed by atoms with Crippen LogP contribution in [0.1, 0.15) is 11.1 Å². The summed E-state index contributed by atoms with van der Waals surface area (Å²) < 4.78 is 1.98. The molecule has 0 bridgehead atoms. The van der Waals surface area contributed by atoms with Crippen molar-refractivity contribution in [3.8, 4) is 5.69 Å². The molecular weight excluding hydrogens is 248 g/mol. The molecule has 5 heteroatoms. The highest BCUT2D eigenvalue weighted by atomic mass is 32.2. The molecule has 0 amide bonds. The number of hydrogen-bond donors (Lipinski definition) is 2. The van der Waals surface area contributed by atoms with Crippen LogP contribution in [-0.2, 0) is 4.79 Å². The number of aromatic amines is 1. The molecule has 0 atom stereocenters. The number of aryl methyl sites for hydroxylation is 2. The van der Waals surface area contributed by atoms with Crippen LogP contribution in [-0.4, -0.2) is 21.8 Å². The highest BCUT2D eigenvalue weighted by molar-refractivity contribution is 7.99. The number of carbonyl (C=O) groups is 1. The first kappa shape index (κ1) is 12.7. The fourth-order valence-corrected chi connectivity index (χ4v) is 2.44. The number of aromatic nitrogens is 2. The first-order valence-electron chi connectivity index (χ1n) is 5.59. The Kier molecular flexibility index (Phi) is 3.72. The summed E-state index contributed by atoms with van der Waals surface area (Å²) in [6.45, 7) is 4.08. The van der Waals surface area contributed by atoms with Gasteiger partial charge in [0.25, 0.3) is 0 Å². The molecule has 0 radical (unpaired) electrons. The molecular formula is C13H15N2O2S+. The van der Waals surface area contributed by atoms with Gasteiger partial charge in [-0.3, -0.25) is 4.79 Å². The van der Waals surface area contributed by atoms with Gasteiger partial charge >= 0.3 is 11.1 Å². The SMILES string of the molecule is Cc1ccc(C)c(-[n+]2cc[nH]c2SCC(=O)O)c1. The quantitative estimate of drug-likeness (QED) is 0.656. The summed E-state index contributed by atoms with van der Waals surface area (Å²) in [5.41, 5.74) is 3.41. The summed E-state index contributed by atoms with van der Waals surface area (Å²) in [5.74, 6) is -0.770. The topological polar surface area (TPSA) is 57.0 Å². The molecule has 2 N–H and O–H groups in total. The standard InChI is InChI=1S/C13H14N2O2S/c1-9-3-4-10(2)11(7-9)15-6-5-14-13(15)18-8-12(16)17/h3-7H,8H2,1-2H3,(H,16,17)/p+1. The van der Waals surface area contributed by atoms with Crippen LogP contribution in [0.15, 0.2) is 35.7 Å². The number of nitrogens with zero attached hydrogens (tertiary/aromatic N) is 1. The summed E-state index contributed by atoms with van der Waals surface area (Å²) in [6.07, 6.45) is 3.72.